The molecule has 1 aromatic rings. The van der Waals surface area contributed by atoms with Gasteiger partial charge in [-0.15, -0.1) is 0 Å². The van der Waals surface area contributed by atoms with Gasteiger partial charge < -0.3 is 15.3 Å². The molecule has 0 spiro atoms. The molecule has 0 saturated carbocycles. The molecule has 2 N–H and O–H groups in total. The van der Waals surface area contributed by atoms with Crippen LogP contribution in [-0.2, 0) is 4.79 Å². The highest BCUT2D eigenvalue weighted by atomic mass is 16.3. The molecule has 0 aliphatic carbocycles. The molecule has 2 unspecified atom stereocenters. The summed E-state index contributed by atoms with van der Waals surface area (Å²) in [6, 6.07) is 5.60. The van der Waals surface area contributed by atoms with E-state index in [1.807, 2.05) is 26.0 Å². The largest absolute Gasteiger partial charge is 0.394 e. The fourth-order valence-corrected chi connectivity index (χ4v) is 2.55. The molecule has 2 atom stereocenters. The van der Waals surface area contributed by atoms with Crippen LogP contribution in [0.25, 0.3) is 0 Å². The fraction of sp³-hybridized carbons (Fsp3) is 0.533. The zero-order chi connectivity index (χ0) is 14.0. The first-order valence-corrected chi connectivity index (χ1v) is 6.75. The number of aliphatic hydroxyl groups is 1. The Bertz CT molecular complexity index is 473. The van der Waals surface area contributed by atoms with Gasteiger partial charge in [0.2, 0.25) is 5.91 Å². The van der Waals surface area contributed by atoms with Crippen LogP contribution in [0.5, 0.6) is 0 Å². The van der Waals surface area contributed by atoms with Gasteiger partial charge in [0, 0.05) is 18.8 Å². The molecule has 1 fully saturated rings. The molecule has 0 radical (unpaired) electrons. The van der Waals surface area contributed by atoms with E-state index in [1.165, 1.54) is 5.56 Å². The predicted octanol–water partition coefficient (Wildman–Crippen LogP) is 1.24. The number of nitrogens with one attached hydrogen (secondary N) is 1. The van der Waals surface area contributed by atoms with Crippen LogP contribution < -0.4 is 10.2 Å². The molecule has 1 amide bonds. The summed E-state index contributed by atoms with van der Waals surface area (Å²) in [5.41, 5.74) is 3.23. The van der Waals surface area contributed by atoms with E-state index in [4.69, 9.17) is 0 Å². The number of aryl methyl sites for hydroxylation is 2. The molecule has 1 aliphatic heterocycles. The van der Waals surface area contributed by atoms with E-state index < -0.39 is 6.04 Å². The third-order valence-electron chi connectivity index (χ3n) is 3.60. The van der Waals surface area contributed by atoms with Crippen molar-refractivity contribution in [2.45, 2.75) is 26.8 Å². The Morgan fingerprint density at radius 2 is 2.16 bits per heavy atom. The predicted molar refractivity (Wildman–Crippen MR) is 76.3 cm³/mol. The molecule has 2 rings (SSSR count). The number of aliphatic hydroxyl groups excluding tert-OH is 1. The Labute approximate surface area is 114 Å². The van der Waals surface area contributed by atoms with Crippen molar-refractivity contribution in [2.75, 3.05) is 24.6 Å². The second-order valence-corrected chi connectivity index (χ2v) is 5.49. The molecule has 4 nitrogen and oxygen atoms in total. The molecular weight excluding hydrogens is 240 g/mol. The molecule has 1 aliphatic rings. The van der Waals surface area contributed by atoms with Crippen LogP contribution in [0.1, 0.15) is 18.1 Å². The van der Waals surface area contributed by atoms with Crippen molar-refractivity contribution < 1.29 is 9.90 Å². The highest BCUT2D eigenvalue weighted by Gasteiger charge is 2.30. The summed E-state index contributed by atoms with van der Waals surface area (Å²) in [6.45, 7) is 7.45. The van der Waals surface area contributed by atoms with Crippen LogP contribution in [0.3, 0.4) is 0 Å². The number of carbonyl (C=O) groups excluding carboxylic acids is 1. The molecule has 1 saturated heterocycles. The second kappa shape index (κ2) is 5.72. The van der Waals surface area contributed by atoms with Crippen molar-refractivity contribution in [3.8, 4) is 0 Å². The minimum atomic E-state index is -0.495. The van der Waals surface area contributed by atoms with E-state index in [0.29, 0.717) is 12.5 Å². The van der Waals surface area contributed by atoms with Gasteiger partial charge in [0.1, 0.15) is 6.04 Å². The van der Waals surface area contributed by atoms with Crippen molar-refractivity contribution >= 4 is 11.6 Å². The van der Waals surface area contributed by atoms with Crippen LogP contribution in [-0.4, -0.2) is 36.8 Å². The minimum Gasteiger partial charge on any atom is -0.394 e. The summed E-state index contributed by atoms with van der Waals surface area (Å²) in [5.74, 6) is 0.319. The quantitative estimate of drug-likeness (QED) is 0.843. The van der Waals surface area contributed by atoms with Crippen LogP contribution >= 0.6 is 0 Å². The van der Waals surface area contributed by atoms with Crippen molar-refractivity contribution in [3.63, 3.8) is 0 Å². The number of hydrogen-bond acceptors (Lipinski definition) is 3. The number of rotatable bonds is 2. The maximum atomic E-state index is 12.5. The van der Waals surface area contributed by atoms with Crippen LogP contribution in [0.2, 0.25) is 0 Å². The highest BCUT2D eigenvalue weighted by Crippen LogP contribution is 2.24. The van der Waals surface area contributed by atoms with Gasteiger partial charge in [-0.05, 0) is 31.4 Å². The van der Waals surface area contributed by atoms with E-state index in [9.17, 15) is 9.90 Å². The maximum absolute atomic E-state index is 12.5. The number of carbonyl (C=O) groups is 1. The number of nitrogens with zero attached hydrogens (tertiary/aromatic N) is 1. The number of hydrogen-bond donors (Lipinski definition) is 2. The first-order valence-electron chi connectivity index (χ1n) is 6.75. The molecular formula is C15H22N2O2. The van der Waals surface area contributed by atoms with Crippen molar-refractivity contribution in [1.29, 1.82) is 0 Å². The third kappa shape index (κ3) is 2.96. The maximum Gasteiger partial charge on any atom is 0.246 e. The average molecular weight is 262 g/mol. The summed E-state index contributed by atoms with van der Waals surface area (Å²) < 4.78 is 0. The third-order valence-corrected chi connectivity index (χ3v) is 3.60. The van der Waals surface area contributed by atoms with E-state index in [1.54, 1.807) is 4.90 Å². The summed E-state index contributed by atoms with van der Waals surface area (Å²) in [6.07, 6.45) is 0. The fourth-order valence-electron chi connectivity index (χ4n) is 2.55. The molecule has 0 bridgehead atoms. The summed E-state index contributed by atoms with van der Waals surface area (Å²) in [5, 5.41) is 12.5. The van der Waals surface area contributed by atoms with Crippen LogP contribution in [0, 0.1) is 19.8 Å². The minimum absolute atomic E-state index is 0.0428. The van der Waals surface area contributed by atoms with Gasteiger partial charge >= 0.3 is 0 Å². The first-order chi connectivity index (χ1) is 9.02. The van der Waals surface area contributed by atoms with Gasteiger partial charge in [0.15, 0.2) is 0 Å². The van der Waals surface area contributed by atoms with Crippen LogP contribution in [0.15, 0.2) is 18.2 Å². The van der Waals surface area contributed by atoms with Crippen molar-refractivity contribution in [2.24, 2.45) is 5.92 Å². The average Bonchev–Trinajstić information content (AvgIpc) is 2.50. The van der Waals surface area contributed by atoms with E-state index in [0.717, 1.165) is 17.8 Å². The number of amides is 1. The zero-order valence-corrected chi connectivity index (χ0v) is 11.8. The lowest BCUT2D eigenvalue weighted by atomic mass is 10.1. The van der Waals surface area contributed by atoms with E-state index in [2.05, 4.69) is 18.3 Å². The van der Waals surface area contributed by atoms with Crippen molar-refractivity contribution in [1.82, 2.24) is 5.32 Å². The second-order valence-electron chi connectivity index (χ2n) is 5.49. The number of benzene rings is 1. The highest BCUT2D eigenvalue weighted by molar-refractivity contribution is 5.98. The topological polar surface area (TPSA) is 52.6 Å². The number of anilines is 1. The molecule has 4 heteroatoms. The Morgan fingerprint density at radius 1 is 1.42 bits per heavy atom. The Balaban J connectivity index is 2.36. The van der Waals surface area contributed by atoms with Gasteiger partial charge in [-0.2, -0.15) is 0 Å². The zero-order valence-electron chi connectivity index (χ0n) is 11.8. The summed E-state index contributed by atoms with van der Waals surface area (Å²) in [4.78, 5) is 14.3. The summed E-state index contributed by atoms with van der Waals surface area (Å²) in [7, 11) is 0. The lowest BCUT2D eigenvalue weighted by Crippen LogP contribution is -2.46. The van der Waals surface area contributed by atoms with Gasteiger partial charge in [-0.3, -0.25) is 4.79 Å². The SMILES string of the molecule is Cc1ccc(N2CC(C)CNC(CO)C2=O)c(C)c1. The van der Waals surface area contributed by atoms with E-state index in [-0.39, 0.29) is 12.5 Å². The molecule has 0 aromatic heterocycles. The molecule has 1 heterocycles. The Morgan fingerprint density at radius 3 is 2.79 bits per heavy atom. The van der Waals surface area contributed by atoms with Gasteiger partial charge in [0.25, 0.3) is 0 Å². The van der Waals surface area contributed by atoms with Gasteiger partial charge in [0.05, 0.1) is 6.61 Å². The molecule has 104 valence electrons. The van der Waals surface area contributed by atoms with E-state index >= 15 is 0 Å². The standard InChI is InChI=1S/C15H22N2O2/c1-10-4-5-14(12(3)6-10)17-8-11(2)7-16-13(9-18)15(17)19/h4-6,11,13,16,18H,7-9H2,1-3H3. The van der Waals surface area contributed by atoms with Gasteiger partial charge in [-0.25, -0.2) is 0 Å². The lowest BCUT2D eigenvalue weighted by Gasteiger charge is -2.26. The van der Waals surface area contributed by atoms with Crippen LogP contribution in [0.4, 0.5) is 5.69 Å². The molecule has 19 heavy (non-hydrogen) atoms. The smallest absolute Gasteiger partial charge is 0.246 e. The van der Waals surface area contributed by atoms with Crippen molar-refractivity contribution in [3.05, 3.63) is 29.3 Å². The normalized spacial score (nSPS) is 24.4. The van der Waals surface area contributed by atoms with Gasteiger partial charge in [-0.1, -0.05) is 24.6 Å². The Kier molecular flexibility index (Phi) is 4.22. The Hall–Kier alpha value is -1.39. The molecule has 1 aromatic carbocycles. The first kappa shape index (κ1) is 14.0. The monoisotopic (exact) mass is 262 g/mol. The lowest BCUT2D eigenvalue weighted by molar-refractivity contribution is -0.121. The summed E-state index contributed by atoms with van der Waals surface area (Å²) >= 11 is 0.